The molecule has 2 aromatic heterocycles. The fourth-order valence-corrected chi connectivity index (χ4v) is 3.83. The molecule has 0 aromatic carbocycles. The minimum atomic E-state index is 0.412. The van der Waals surface area contributed by atoms with E-state index in [1.165, 1.54) is 15.4 Å². The molecule has 0 aliphatic rings. The topological polar surface area (TPSA) is 24.9 Å². The molecule has 2 rings (SSSR count). The van der Waals surface area contributed by atoms with Crippen LogP contribution in [0.4, 0.5) is 0 Å². The van der Waals surface area contributed by atoms with Gasteiger partial charge in [-0.1, -0.05) is 13.0 Å². The van der Waals surface area contributed by atoms with Crippen LogP contribution in [0.1, 0.15) is 39.8 Å². The van der Waals surface area contributed by atoms with Crippen LogP contribution in [0, 0.1) is 13.8 Å². The third-order valence-corrected chi connectivity index (χ3v) is 4.97. The quantitative estimate of drug-likeness (QED) is 0.861. The Morgan fingerprint density at radius 1 is 1.39 bits per heavy atom. The summed E-state index contributed by atoms with van der Waals surface area (Å²) in [6.07, 6.45) is 2.23. The first-order valence-electron chi connectivity index (χ1n) is 6.40. The Morgan fingerprint density at radius 3 is 2.78 bits per heavy atom. The molecule has 0 fully saturated rings. The molecule has 1 atom stereocenters. The van der Waals surface area contributed by atoms with Gasteiger partial charge in [0.2, 0.25) is 0 Å². The van der Waals surface area contributed by atoms with Gasteiger partial charge in [0, 0.05) is 22.2 Å². The molecule has 2 aromatic rings. The van der Waals surface area contributed by atoms with Crippen LogP contribution in [-0.4, -0.2) is 11.5 Å². The van der Waals surface area contributed by atoms with Gasteiger partial charge < -0.3 is 5.32 Å². The largest absolute Gasteiger partial charge is 0.309 e. The van der Waals surface area contributed by atoms with E-state index in [2.05, 4.69) is 48.6 Å². The minimum absolute atomic E-state index is 0.412. The summed E-state index contributed by atoms with van der Waals surface area (Å²) in [6.45, 7) is 7.48. The number of hydrogen-bond acceptors (Lipinski definition) is 4. The molecule has 4 heteroatoms. The molecule has 1 unspecified atom stereocenters. The Morgan fingerprint density at radius 2 is 2.22 bits per heavy atom. The van der Waals surface area contributed by atoms with Crippen LogP contribution in [0.25, 0.3) is 0 Å². The number of rotatable bonds is 6. The molecule has 0 aliphatic carbocycles. The van der Waals surface area contributed by atoms with E-state index in [0.717, 1.165) is 24.4 Å². The number of thiophene rings is 1. The Bertz CT molecular complexity index is 474. The van der Waals surface area contributed by atoms with Crippen LogP contribution in [0.3, 0.4) is 0 Å². The summed E-state index contributed by atoms with van der Waals surface area (Å²) in [6, 6.07) is 4.76. The third kappa shape index (κ3) is 3.40. The zero-order chi connectivity index (χ0) is 13.0. The zero-order valence-corrected chi connectivity index (χ0v) is 12.8. The summed E-state index contributed by atoms with van der Waals surface area (Å²) in [5, 5.41) is 6.97. The van der Waals surface area contributed by atoms with Crippen LogP contribution in [0.2, 0.25) is 0 Å². The lowest BCUT2D eigenvalue weighted by Gasteiger charge is -2.17. The molecule has 0 radical (unpaired) electrons. The predicted molar refractivity (Wildman–Crippen MR) is 80.6 cm³/mol. The van der Waals surface area contributed by atoms with E-state index in [1.807, 2.05) is 22.7 Å². The second-order valence-electron chi connectivity index (χ2n) is 4.47. The summed E-state index contributed by atoms with van der Waals surface area (Å²) >= 11 is 3.66. The van der Waals surface area contributed by atoms with E-state index in [0.29, 0.717) is 6.04 Å². The first-order chi connectivity index (χ1) is 8.70. The second kappa shape index (κ2) is 6.45. The highest BCUT2D eigenvalue weighted by Crippen LogP contribution is 2.28. The number of nitrogens with zero attached hydrogens (tertiary/aromatic N) is 1. The summed E-state index contributed by atoms with van der Waals surface area (Å²) in [5.74, 6) is 0. The highest BCUT2D eigenvalue weighted by atomic mass is 32.1. The number of hydrogen-bond donors (Lipinski definition) is 1. The van der Waals surface area contributed by atoms with Gasteiger partial charge in [-0.05, 0) is 38.3 Å². The fraction of sp³-hybridized carbons (Fsp3) is 0.500. The SMILES string of the molecule is CCCNC(Cc1cccs1)c1sc(C)nc1C. The van der Waals surface area contributed by atoms with Crippen molar-refractivity contribution in [2.45, 2.75) is 39.7 Å². The molecule has 98 valence electrons. The van der Waals surface area contributed by atoms with Crippen molar-refractivity contribution in [3.05, 3.63) is 38.0 Å². The molecule has 0 saturated heterocycles. The van der Waals surface area contributed by atoms with E-state index < -0.39 is 0 Å². The van der Waals surface area contributed by atoms with Gasteiger partial charge in [0.1, 0.15) is 0 Å². The normalized spacial score (nSPS) is 12.8. The van der Waals surface area contributed by atoms with Crippen molar-refractivity contribution in [3.63, 3.8) is 0 Å². The summed E-state index contributed by atoms with van der Waals surface area (Å²) in [5.41, 5.74) is 1.18. The molecule has 2 nitrogen and oxygen atoms in total. The zero-order valence-electron chi connectivity index (χ0n) is 11.2. The molecule has 0 saturated carbocycles. The molecular formula is C14H20N2S2. The van der Waals surface area contributed by atoms with Crippen LogP contribution >= 0.6 is 22.7 Å². The standard InChI is InChI=1S/C14H20N2S2/c1-4-7-15-13(9-12-6-5-8-17-12)14-10(2)16-11(3)18-14/h5-6,8,13,15H,4,7,9H2,1-3H3. The third-order valence-electron chi connectivity index (χ3n) is 2.88. The van der Waals surface area contributed by atoms with Crippen LogP contribution < -0.4 is 5.32 Å². The molecular weight excluding hydrogens is 260 g/mol. The highest BCUT2D eigenvalue weighted by molar-refractivity contribution is 7.11. The van der Waals surface area contributed by atoms with Crippen LogP contribution in [-0.2, 0) is 6.42 Å². The van der Waals surface area contributed by atoms with Gasteiger partial charge >= 0.3 is 0 Å². The summed E-state index contributed by atoms with van der Waals surface area (Å²) in [7, 11) is 0. The van der Waals surface area contributed by atoms with Crippen molar-refractivity contribution in [2.24, 2.45) is 0 Å². The van der Waals surface area contributed by atoms with Gasteiger partial charge in [-0.15, -0.1) is 22.7 Å². The van der Waals surface area contributed by atoms with Crippen molar-refractivity contribution in [2.75, 3.05) is 6.54 Å². The molecule has 0 spiro atoms. The Balaban J connectivity index is 2.16. The summed E-state index contributed by atoms with van der Waals surface area (Å²) < 4.78 is 0. The number of thiazole rings is 1. The lowest BCUT2D eigenvalue weighted by molar-refractivity contribution is 0.537. The fourth-order valence-electron chi connectivity index (χ4n) is 2.08. The maximum Gasteiger partial charge on any atom is 0.0900 e. The Kier molecular flexibility index (Phi) is 4.92. The smallest absolute Gasteiger partial charge is 0.0900 e. The first-order valence-corrected chi connectivity index (χ1v) is 8.10. The van der Waals surface area contributed by atoms with Crippen molar-refractivity contribution < 1.29 is 0 Å². The van der Waals surface area contributed by atoms with Gasteiger partial charge in [-0.25, -0.2) is 4.98 Å². The van der Waals surface area contributed by atoms with Gasteiger partial charge in [-0.2, -0.15) is 0 Å². The number of aromatic nitrogens is 1. The average molecular weight is 280 g/mol. The van der Waals surface area contributed by atoms with E-state index in [4.69, 9.17) is 0 Å². The summed E-state index contributed by atoms with van der Waals surface area (Å²) in [4.78, 5) is 7.39. The molecule has 1 N–H and O–H groups in total. The average Bonchev–Trinajstić information content (AvgIpc) is 2.94. The maximum absolute atomic E-state index is 4.55. The van der Waals surface area contributed by atoms with E-state index in [1.54, 1.807) is 0 Å². The molecule has 0 aliphatic heterocycles. The maximum atomic E-state index is 4.55. The number of aryl methyl sites for hydroxylation is 2. The molecule has 0 amide bonds. The van der Waals surface area contributed by atoms with Crippen molar-refractivity contribution in [1.82, 2.24) is 10.3 Å². The van der Waals surface area contributed by atoms with Crippen LogP contribution in [0.15, 0.2) is 17.5 Å². The minimum Gasteiger partial charge on any atom is -0.309 e. The monoisotopic (exact) mass is 280 g/mol. The van der Waals surface area contributed by atoms with Gasteiger partial charge in [0.15, 0.2) is 0 Å². The second-order valence-corrected chi connectivity index (χ2v) is 6.74. The van der Waals surface area contributed by atoms with Crippen LogP contribution in [0.5, 0.6) is 0 Å². The van der Waals surface area contributed by atoms with E-state index in [-0.39, 0.29) is 0 Å². The van der Waals surface area contributed by atoms with E-state index >= 15 is 0 Å². The Hall–Kier alpha value is -0.710. The number of nitrogens with one attached hydrogen (secondary N) is 1. The van der Waals surface area contributed by atoms with Gasteiger partial charge in [-0.3, -0.25) is 0 Å². The lowest BCUT2D eigenvalue weighted by atomic mass is 10.1. The molecule has 2 heterocycles. The van der Waals surface area contributed by atoms with Gasteiger partial charge in [0.05, 0.1) is 10.7 Å². The predicted octanol–water partition coefficient (Wildman–Crippen LogP) is 4.10. The first kappa shape index (κ1) is 13.7. The molecule has 18 heavy (non-hydrogen) atoms. The van der Waals surface area contributed by atoms with E-state index in [9.17, 15) is 0 Å². The molecule has 0 bridgehead atoms. The van der Waals surface area contributed by atoms with Crippen molar-refractivity contribution >= 4 is 22.7 Å². The van der Waals surface area contributed by atoms with Gasteiger partial charge in [0.25, 0.3) is 0 Å². The Labute approximate surface area is 117 Å². The highest BCUT2D eigenvalue weighted by Gasteiger charge is 2.17. The van der Waals surface area contributed by atoms with Crippen molar-refractivity contribution in [1.29, 1.82) is 0 Å². The lowest BCUT2D eigenvalue weighted by Crippen LogP contribution is -2.23. The van der Waals surface area contributed by atoms with Crippen molar-refractivity contribution in [3.8, 4) is 0 Å².